The van der Waals surface area contributed by atoms with Crippen LogP contribution in [0.2, 0.25) is 0 Å². The van der Waals surface area contributed by atoms with E-state index in [2.05, 4.69) is 4.98 Å². The Labute approximate surface area is 336 Å². The van der Waals surface area contributed by atoms with Crippen molar-refractivity contribution in [2.45, 2.75) is 120 Å². The minimum absolute atomic E-state index is 0.0565. The molecule has 59 heavy (non-hydrogen) atoms. The molecule has 20 heteroatoms. The van der Waals surface area contributed by atoms with Crippen molar-refractivity contribution in [3.05, 3.63) is 53.7 Å². The number of aliphatic hydroxyl groups is 3. The third-order valence-corrected chi connectivity index (χ3v) is 12.0. The van der Waals surface area contributed by atoms with Gasteiger partial charge in [-0.3, -0.25) is 24.2 Å². The maximum atomic E-state index is 14.5. The first-order chi connectivity index (χ1) is 27.5. The number of hydrogen-bond donors (Lipinski definition) is 3. The molecule has 13 atom stereocenters. The first kappa shape index (κ1) is 43.1. The SMILES string of the molecule is CC(=O)OC[C@]12[C@H](OC(C)=O)[C@H](OC(C)=O)[C@@H]3[C@@H](O)[C@@]14O[C@@]3(C)COC(=O)c1cnccc1[C@H](C)[C@](C)(O)C(=O)O[C@@H]([C@H](OC(=O)c1ccoc1)[C@@H]2OC(C)=O)[C@@]4(C)O. The fourth-order valence-corrected chi connectivity index (χ4v) is 9.38. The van der Waals surface area contributed by atoms with Crippen molar-refractivity contribution >= 4 is 41.8 Å². The molecule has 0 radical (unpaired) electrons. The highest BCUT2D eigenvalue weighted by molar-refractivity contribution is 5.92. The van der Waals surface area contributed by atoms with E-state index in [0.717, 1.165) is 60.3 Å². The van der Waals surface area contributed by atoms with E-state index in [1.54, 1.807) is 0 Å². The lowest BCUT2D eigenvalue weighted by molar-refractivity contribution is -0.386. The zero-order chi connectivity index (χ0) is 43.6. The van der Waals surface area contributed by atoms with Gasteiger partial charge in [-0.2, -0.15) is 0 Å². The van der Waals surface area contributed by atoms with E-state index >= 15 is 0 Å². The number of cyclic esters (lactones) is 1. The molecule has 0 aromatic carbocycles. The Hall–Kier alpha value is -5.44. The first-order valence-electron chi connectivity index (χ1n) is 18.5. The Balaban J connectivity index is 1.76. The predicted octanol–water partition coefficient (Wildman–Crippen LogP) is 0.465. The van der Waals surface area contributed by atoms with Gasteiger partial charge >= 0.3 is 41.8 Å². The van der Waals surface area contributed by atoms with Crippen LogP contribution < -0.4 is 0 Å². The molecule has 20 nitrogen and oxygen atoms in total. The van der Waals surface area contributed by atoms with Crippen LogP contribution in [-0.4, -0.2) is 134 Å². The highest BCUT2D eigenvalue weighted by Gasteiger charge is 2.91. The second-order valence-electron chi connectivity index (χ2n) is 15.8. The standard InChI is InChI=1S/C39H45NO19/c1-17-23-9-11-40-13-24(23)33(47)53-15-35(6)25-26(54-19(3)42)30(55-20(4)43)38(16-52-18(2)41)31(56-21(5)44)27(57-32(46)22-10-12-51-14-22)29(58-34(48)36(17,7)49)37(8,50)39(38,59-35)28(25)45/h9-14,17,25-31,45,49-50H,15-16H2,1-8H3/t17-,25+,26+,27-,28+,29-,30+,31-,35-,36-,37+,38+,39-/m0/s1. The van der Waals surface area contributed by atoms with Crippen molar-refractivity contribution in [3.8, 4) is 0 Å². The Kier molecular flexibility index (Phi) is 11.0. The minimum Gasteiger partial charge on any atom is -0.472 e. The van der Waals surface area contributed by atoms with Crippen molar-refractivity contribution in [2.75, 3.05) is 13.2 Å². The molecule has 4 heterocycles. The average molecular weight is 832 g/mol. The normalized spacial score (nSPS) is 38.7. The van der Waals surface area contributed by atoms with Crippen molar-refractivity contribution < 1.29 is 91.2 Å². The zero-order valence-electron chi connectivity index (χ0n) is 33.3. The molecule has 6 rings (SSSR count). The summed E-state index contributed by atoms with van der Waals surface area (Å²) in [5, 5.41) is 38.2. The summed E-state index contributed by atoms with van der Waals surface area (Å²) < 4.78 is 52.9. The van der Waals surface area contributed by atoms with Crippen molar-refractivity contribution in [1.82, 2.24) is 4.98 Å². The molecule has 3 N–H and O–H groups in total. The average Bonchev–Trinajstić information content (AvgIpc) is 3.76. The Morgan fingerprint density at radius 1 is 0.881 bits per heavy atom. The van der Waals surface area contributed by atoms with Gasteiger partial charge < -0.3 is 57.6 Å². The van der Waals surface area contributed by atoms with Crippen molar-refractivity contribution in [3.63, 3.8) is 0 Å². The number of ether oxygens (including phenoxy) is 8. The van der Waals surface area contributed by atoms with Crippen LogP contribution >= 0.6 is 0 Å². The van der Waals surface area contributed by atoms with E-state index in [0.29, 0.717) is 0 Å². The van der Waals surface area contributed by atoms with E-state index in [-0.39, 0.29) is 16.7 Å². The Morgan fingerprint density at radius 3 is 2.08 bits per heavy atom. The van der Waals surface area contributed by atoms with Gasteiger partial charge in [0.1, 0.15) is 47.8 Å². The van der Waals surface area contributed by atoms with E-state index in [1.807, 2.05) is 0 Å². The van der Waals surface area contributed by atoms with Crippen LogP contribution in [0.15, 0.2) is 41.5 Å². The van der Waals surface area contributed by atoms with Gasteiger partial charge in [-0.1, -0.05) is 6.92 Å². The molecule has 0 amide bonds. The molecule has 320 valence electrons. The van der Waals surface area contributed by atoms with Crippen LogP contribution in [-0.2, 0) is 61.9 Å². The van der Waals surface area contributed by atoms with Gasteiger partial charge in [0.15, 0.2) is 30.0 Å². The summed E-state index contributed by atoms with van der Waals surface area (Å²) in [6.45, 7) is 6.68. The van der Waals surface area contributed by atoms with E-state index < -0.39 is 131 Å². The molecule has 2 aromatic rings. The highest BCUT2D eigenvalue weighted by Crippen LogP contribution is 2.69. The monoisotopic (exact) mass is 831 g/mol. The lowest BCUT2D eigenvalue weighted by atomic mass is 9.45. The van der Waals surface area contributed by atoms with Crippen LogP contribution in [0.3, 0.4) is 0 Å². The van der Waals surface area contributed by atoms with Crippen LogP contribution in [0.5, 0.6) is 0 Å². The maximum absolute atomic E-state index is 14.5. The Bertz CT molecular complexity index is 2050. The maximum Gasteiger partial charge on any atom is 0.341 e. The highest BCUT2D eigenvalue weighted by atomic mass is 16.7. The number of furan rings is 1. The van der Waals surface area contributed by atoms with Gasteiger partial charge in [-0.15, -0.1) is 0 Å². The largest absolute Gasteiger partial charge is 0.472 e. The topological polar surface area (TPSA) is 280 Å². The third-order valence-electron chi connectivity index (χ3n) is 12.0. The molecule has 1 saturated heterocycles. The molecule has 4 bridgehead atoms. The van der Waals surface area contributed by atoms with Crippen LogP contribution in [0, 0.1) is 11.3 Å². The molecule has 2 aromatic heterocycles. The minimum atomic E-state index is -2.97. The van der Waals surface area contributed by atoms with Gasteiger partial charge in [0, 0.05) is 46.0 Å². The van der Waals surface area contributed by atoms with Gasteiger partial charge in [-0.25, -0.2) is 14.4 Å². The second kappa shape index (κ2) is 15.0. The number of fused-ring (bicyclic) bond motifs is 5. The summed E-state index contributed by atoms with van der Waals surface area (Å²) in [4.78, 5) is 98.6. The number of carbonyl (C=O) groups is 7. The van der Waals surface area contributed by atoms with Gasteiger partial charge in [0.05, 0.1) is 29.4 Å². The fraction of sp³-hybridized carbons (Fsp3) is 0.590. The van der Waals surface area contributed by atoms with E-state index in [4.69, 9.17) is 42.3 Å². The van der Waals surface area contributed by atoms with Gasteiger partial charge in [-0.05, 0) is 38.5 Å². The smallest absolute Gasteiger partial charge is 0.341 e. The number of nitrogens with zero attached hydrogens (tertiary/aromatic N) is 1. The number of aromatic nitrogens is 1. The molecule has 0 unspecified atom stereocenters. The number of pyridine rings is 1. The first-order valence-corrected chi connectivity index (χ1v) is 18.5. The van der Waals surface area contributed by atoms with Gasteiger partial charge in [0.2, 0.25) is 0 Å². The zero-order valence-corrected chi connectivity index (χ0v) is 33.3. The van der Waals surface area contributed by atoms with Crippen LogP contribution in [0.4, 0.5) is 0 Å². The quantitative estimate of drug-likeness (QED) is 0.252. The molecular formula is C39H45NO19. The number of esters is 7. The van der Waals surface area contributed by atoms with E-state index in [9.17, 15) is 48.9 Å². The summed E-state index contributed by atoms with van der Waals surface area (Å²) in [6.07, 6.45) is -8.37. The summed E-state index contributed by atoms with van der Waals surface area (Å²) >= 11 is 0. The van der Waals surface area contributed by atoms with Gasteiger partial charge in [0.25, 0.3) is 0 Å². The molecule has 4 aliphatic rings. The van der Waals surface area contributed by atoms with Crippen molar-refractivity contribution in [1.29, 1.82) is 0 Å². The second-order valence-corrected chi connectivity index (χ2v) is 15.8. The number of rotatable bonds is 7. The number of carbonyl (C=O) groups excluding carboxylic acids is 7. The molecule has 3 fully saturated rings. The van der Waals surface area contributed by atoms with Crippen LogP contribution in [0.1, 0.15) is 87.6 Å². The summed E-state index contributed by atoms with van der Waals surface area (Å²) in [5.74, 6) is -10.9. The molecular weight excluding hydrogens is 786 g/mol. The third kappa shape index (κ3) is 6.61. The molecule has 2 aliphatic carbocycles. The fourth-order valence-electron chi connectivity index (χ4n) is 9.38. The molecule has 1 spiro atoms. The number of hydrogen-bond acceptors (Lipinski definition) is 20. The van der Waals surface area contributed by atoms with E-state index in [1.165, 1.54) is 32.2 Å². The van der Waals surface area contributed by atoms with Crippen LogP contribution in [0.25, 0.3) is 0 Å². The Morgan fingerprint density at radius 2 is 1.51 bits per heavy atom. The lowest BCUT2D eigenvalue weighted by Gasteiger charge is -2.67. The molecule has 2 aliphatic heterocycles. The van der Waals surface area contributed by atoms with Crippen molar-refractivity contribution in [2.24, 2.45) is 11.3 Å². The summed E-state index contributed by atoms with van der Waals surface area (Å²) in [6, 6.07) is 2.54. The molecule has 2 saturated carbocycles. The lowest BCUT2D eigenvalue weighted by Crippen LogP contribution is -2.89. The number of aliphatic hydroxyl groups excluding tert-OH is 1. The predicted molar refractivity (Wildman–Crippen MR) is 189 cm³/mol. The summed E-state index contributed by atoms with van der Waals surface area (Å²) in [5.41, 5.74) is -13.6. The summed E-state index contributed by atoms with van der Waals surface area (Å²) in [7, 11) is 0.